The molecule has 5 heteroatoms. The molecule has 0 saturated carbocycles. The van der Waals surface area contributed by atoms with Crippen LogP contribution in [0.15, 0.2) is 42.5 Å². The van der Waals surface area contributed by atoms with E-state index in [1.54, 1.807) is 17.0 Å². The SMILES string of the molecule is O=C(c1ccccc1)N1CC(N2C(=O)C3CC=CCC3C2=O)C1. The van der Waals surface area contributed by atoms with Gasteiger partial charge in [0.15, 0.2) is 0 Å². The van der Waals surface area contributed by atoms with E-state index in [1.165, 1.54) is 4.90 Å². The lowest BCUT2D eigenvalue weighted by molar-refractivity contribution is -0.145. The molecule has 2 heterocycles. The van der Waals surface area contributed by atoms with Crippen molar-refractivity contribution in [2.45, 2.75) is 18.9 Å². The fourth-order valence-corrected chi connectivity index (χ4v) is 3.73. The number of allylic oxidation sites excluding steroid dienone is 2. The lowest BCUT2D eigenvalue weighted by atomic mass is 9.85. The van der Waals surface area contributed by atoms with E-state index in [4.69, 9.17) is 0 Å². The summed E-state index contributed by atoms with van der Waals surface area (Å²) < 4.78 is 0. The van der Waals surface area contributed by atoms with Gasteiger partial charge < -0.3 is 4.90 Å². The first-order valence-electron chi connectivity index (χ1n) is 8.03. The third-order valence-corrected chi connectivity index (χ3v) is 5.08. The summed E-state index contributed by atoms with van der Waals surface area (Å²) in [5.41, 5.74) is 0.642. The number of amides is 3. The van der Waals surface area contributed by atoms with Crippen molar-refractivity contribution in [3.63, 3.8) is 0 Å². The molecule has 0 bridgehead atoms. The van der Waals surface area contributed by atoms with Crippen molar-refractivity contribution >= 4 is 17.7 Å². The van der Waals surface area contributed by atoms with Crippen LogP contribution in [-0.2, 0) is 9.59 Å². The standard InChI is InChI=1S/C18H18N2O3/c21-16(12-6-2-1-3-7-12)19-10-13(11-19)20-17(22)14-8-4-5-9-15(14)18(20)23/h1-7,13-15H,8-11H2. The third-order valence-electron chi connectivity index (χ3n) is 5.08. The molecule has 0 spiro atoms. The first kappa shape index (κ1) is 14.2. The Balaban J connectivity index is 1.43. The fraction of sp³-hybridized carbons (Fsp3) is 0.389. The van der Waals surface area contributed by atoms with Crippen LogP contribution in [0.2, 0.25) is 0 Å². The molecular formula is C18H18N2O3. The number of nitrogens with zero attached hydrogens (tertiary/aromatic N) is 2. The van der Waals surface area contributed by atoms with Crippen LogP contribution < -0.4 is 0 Å². The number of fused-ring (bicyclic) bond motifs is 1. The normalized spacial score (nSPS) is 27.1. The minimum atomic E-state index is -0.189. The lowest BCUT2D eigenvalue weighted by Crippen LogP contribution is -2.62. The van der Waals surface area contributed by atoms with Crippen molar-refractivity contribution < 1.29 is 14.4 Å². The molecular weight excluding hydrogens is 292 g/mol. The van der Waals surface area contributed by atoms with Gasteiger partial charge in [0.05, 0.1) is 17.9 Å². The van der Waals surface area contributed by atoms with Crippen LogP contribution in [0.5, 0.6) is 0 Å². The Bertz CT molecular complexity index is 665. The van der Waals surface area contributed by atoms with Gasteiger partial charge in [-0.15, -0.1) is 0 Å². The maximum absolute atomic E-state index is 12.5. The van der Waals surface area contributed by atoms with E-state index in [0.29, 0.717) is 31.5 Å². The number of imide groups is 1. The van der Waals surface area contributed by atoms with Gasteiger partial charge in [-0.1, -0.05) is 30.4 Å². The highest BCUT2D eigenvalue weighted by Crippen LogP contribution is 2.37. The summed E-state index contributed by atoms with van der Waals surface area (Å²) in [6, 6.07) is 8.93. The van der Waals surface area contributed by atoms with Gasteiger partial charge in [-0.05, 0) is 25.0 Å². The van der Waals surface area contributed by atoms with Crippen molar-refractivity contribution in [3.05, 3.63) is 48.0 Å². The highest BCUT2D eigenvalue weighted by atomic mass is 16.2. The van der Waals surface area contributed by atoms with Crippen LogP contribution in [0.4, 0.5) is 0 Å². The molecule has 118 valence electrons. The Morgan fingerprint density at radius 3 is 2.04 bits per heavy atom. The quantitative estimate of drug-likeness (QED) is 0.614. The zero-order valence-electron chi connectivity index (χ0n) is 12.7. The Morgan fingerprint density at radius 1 is 0.913 bits per heavy atom. The molecule has 5 nitrogen and oxygen atoms in total. The smallest absolute Gasteiger partial charge is 0.253 e. The Morgan fingerprint density at radius 2 is 1.48 bits per heavy atom. The summed E-state index contributed by atoms with van der Waals surface area (Å²) in [6.07, 6.45) is 5.29. The van der Waals surface area contributed by atoms with Crippen LogP contribution >= 0.6 is 0 Å². The molecule has 0 aromatic heterocycles. The second-order valence-electron chi connectivity index (χ2n) is 6.43. The minimum Gasteiger partial charge on any atom is -0.334 e. The van der Waals surface area contributed by atoms with Crippen molar-refractivity contribution in [1.82, 2.24) is 9.80 Å². The van der Waals surface area contributed by atoms with Crippen LogP contribution in [0.25, 0.3) is 0 Å². The zero-order chi connectivity index (χ0) is 16.0. The molecule has 3 aliphatic rings. The van der Waals surface area contributed by atoms with Gasteiger partial charge in [0.25, 0.3) is 5.91 Å². The van der Waals surface area contributed by atoms with Gasteiger partial charge in [0.2, 0.25) is 11.8 Å². The summed E-state index contributed by atoms with van der Waals surface area (Å²) in [6.45, 7) is 0.885. The number of hydrogen-bond donors (Lipinski definition) is 0. The predicted octanol–water partition coefficient (Wildman–Crippen LogP) is 1.46. The van der Waals surface area contributed by atoms with Gasteiger partial charge >= 0.3 is 0 Å². The predicted molar refractivity (Wildman–Crippen MR) is 83.3 cm³/mol. The second-order valence-corrected chi connectivity index (χ2v) is 6.43. The molecule has 2 saturated heterocycles. The highest BCUT2D eigenvalue weighted by Gasteiger charge is 2.52. The molecule has 2 atom stereocenters. The van der Waals surface area contributed by atoms with E-state index in [0.717, 1.165) is 0 Å². The monoisotopic (exact) mass is 310 g/mol. The molecule has 4 rings (SSSR count). The van der Waals surface area contributed by atoms with Crippen molar-refractivity contribution in [2.75, 3.05) is 13.1 Å². The summed E-state index contributed by atoms with van der Waals surface area (Å²) >= 11 is 0. The molecule has 1 aliphatic carbocycles. The number of carbonyl (C=O) groups excluding carboxylic acids is 3. The molecule has 1 aromatic rings. The van der Waals surface area contributed by atoms with Crippen molar-refractivity contribution in [3.8, 4) is 0 Å². The first-order valence-corrected chi connectivity index (χ1v) is 8.03. The van der Waals surface area contributed by atoms with Gasteiger partial charge in [0.1, 0.15) is 0 Å². The number of likely N-dealkylation sites (tertiary alicyclic amines) is 2. The summed E-state index contributed by atoms with van der Waals surface area (Å²) in [4.78, 5) is 40.4. The number of carbonyl (C=O) groups is 3. The average molecular weight is 310 g/mol. The Kier molecular flexibility index (Phi) is 3.29. The lowest BCUT2D eigenvalue weighted by Gasteiger charge is -2.43. The van der Waals surface area contributed by atoms with Crippen LogP contribution in [0, 0.1) is 11.8 Å². The van der Waals surface area contributed by atoms with E-state index >= 15 is 0 Å². The van der Waals surface area contributed by atoms with E-state index in [-0.39, 0.29) is 35.6 Å². The third kappa shape index (κ3) is 2.19. The van der Waals surface area contributed by atoms with Gasteiger partial charge in [-0.25, -0.2) is 0 Å². The second kappa shape index (κ2) is 5.33. The van der Waals surface area contributed by atoms with E-state index in [2.05, 4.69) is 0 Å². The van der Waals surface area contributed by atoms with Gasteiger partial charge in [0, 0.05) is 18.7 Å². The largest absolute Gasteiger partial charge is 0.334 e. The van der Waals surface area contributed by atoms with Gasteiger partial charge in [-0.2, -0.15) is 0 Å². The van der Waals surface area contributed by atoms with Crippen molar-refractivity contribution in [2.24, 2.45) is 11.8 Å². The Hall–Kier alpha value is -2.43. The molecule has 2 fully saturated rings. The zero-order valence-corrected chi connectivity index (χ0v) is 12.7. The summed E-state index contributed by atoms with van der Waals surface area (Å²) in [5.74, 6) is -0.528. The number of benzene rings is 1. The highest BCUT2D eigenvalue weighted by molar-refractivity contribution is 6.06. The molecule has 3 amide bonds. The van der Waals surface area contributed by atoms with E-state index < -0.39 is 0 Å². The average Bonchev–Trinajstić information content (AvgIpc) is 2.80. The van der Waals surface area contributed by atoms with Crippen LogP contribution in [0.1, 0.15) is 23.2 Å². The van der Waals surface area contributed by atoms with Crippen LogP contribution in [0.3, 0.4) is 0 Å². The number of hydrogen-bond acceptors (Lipinski definition) is 3. The minimum absolute atomic E-state index is 0.0416. The van der Waals surface area contributed by atoms with E-state index in [9.17, 15) is 14.4 Å². The van der Waals surface area contributed by atoms with Crippen LogP contribution in [-0.4, -0.2) is 46.7 Å². The maximum Gasteiger partial charge on any atom is 0.253 e. The molecule has 2 aliphatic heterocycles. The summed E-state index contributed by atoms with van der Waals surface area (Å²) in [5, 5.41) is 0. The summed E-state index contributed by atoms with van der Waals surface area (Å²) in [7, 11) is 0. The topological polar surface area (TPSA) is 57.7 Å². The van der Waals surface area contributed by atoms with Gasteiger partial charge in [-0.3, -0.25) is 19.3 Å². The Labute approximate surface area is 134 Å². The van der Waals surface area contributed by atoms with E-state index in [1.807, 2.05) is 30.4 Å². The molecule has 0 radical (unpaired) electrons. The molecule has 0 N–H and O–H groups in total. The maximum atomic E-state index is 12.5. The fourth-order valence-electron chi connectivity index (χ4n) is 3.73. The first-order chi connectivity index (χ1) is 11.2. The number of rotatable bonds is 2. The molecule has 2 unspecified atom stereocenters. The van der Waals surface area contributed by atoms with Crippen molar-refractivity contribution in [1.29, 1.82) is 0 Å². The molecule has 1 aromatic carbocycles. The molecule has 23 heavy (non-hydrogen) atoms.